The van der Waals surface area contributed by atoms with E-state index in [0.717, 1.165) is 29.8 Å². The van der Waals surface area contributed by atoms with Crippen LogP contribution < -0.4 is 4.74 Å². The first-order valence-electron chi connectivity index (χ1n) is 8.14. The maximum absolute atomic E-state index is 12.6. The second-order valence-corrected chi connectivity index (χ2v) is 6.08. The zero-order valence-electron chi connectivity index (χ0n) is 13.7. The van der Waals surface area contributed by atoms with E-state index in [1.807, 2.05) is 36.2 Å². The normalized spacial score (nSPS) is 15.4. The summed E-state index contributed by atoms with van der Waals surface area (Å²) in [6.07, 6.45) is 9.28. The molecule has 5 heteroatoms. The Morgan fingerprint density at radius 2 is 2.09 bits per heavy atom. The van der Waals surface area contributed by atoms with E-state index in [1.54, 1.807) is 24.2 Å². The molecule has 0 spiro atoms. The van der Waals surface area contributed by atoms with Crippen LogP contribution in [-0.2, 0) is 0 Å². The second kappa shape index (κ2) is 6.86. The van der Waals surface area contributed by atoms with E-state index < -0.39 is 0 Å². The molecule has 3 rings (SSSR count). The third kappa shape index (κ3) is 3.38. The number of hydrogen-bond donors (Lipinski definition) is 0. The molecule has 5 nitrogen and oxygen atoms in total. The van der Waals surface area contributed by atoms with Crippen molar-refractivity contribution in [2.75, 3.05) is 14.2 Å². The standard InChI is InChI=1S/C18H23N3O2/c1-20(15-8-4-3-5-9-15)18(22)21-12-17(19-13-21)14-7-6-10-16(11-14)23-2/h6-7,10-13,15H,3-5,8-9H2,1-2H3. The van der Waals surface area contributed by atoms with Crippen molar-refractivity contribution in [1.82, 2.24) is 14.5 Å². The van der Waals surface area contributed by atoms with Gasteiger partial charge in [0.05, 0.1) is 12.8 Å². The van der Waals surface area contributed by atoms with Crippen molar-refractivity contribution in [2.45, 2.75) is 38.1 Å². The van der Waals surface area contributed by atoms with Crippen LogP contribution in [-0.4, -0.2) is 40.7 Å². The average molecular weight is 313 g/mol. The lowest BCUT2D eigenvalue weighted by Gasteiger charge is -2.31. The van der Waals surface area contributed by atoms with Crippen LogP contribution in [0.1, 0.15) is 32.1 Å². The Hall–Kier alpha value is -2.30. The molecule has 0 unspecified atom stereocenters. The second-order valence-electron chi connectivity index (χ2n) is 6.08. The van der Waals surface area contributed by atoms with Gasteiger partial charge >= 0.3 is 6.03 Å². The van der Waals surface area contributed by atoms with Crippen LogP contribution >= 0.6 is 0 Å². The molecule has 0 saturated heterocycles. The molecule has 1 fully saturated rings. The fourth-order valence-electron chi connectivity index (χ4n) is 3.17. The molecular formula is C18H23N3O2. The molecule has 122 valence electrons. The number of aromatic nitrogens is 2. The van der Waals surface area contributed by atoms with Crippen LogP contribution in [0.3, 0.4) is 0 Å². The van der Waals surface area contributed by atoms with Crippen LogP contribution in [0.15, 0.2) is 36.8 Å². The Kier molecular flexibility index (Phi) is 4.65. The topological polar surface area (TPSA) is 47.4 Å². The van der Waals surface area contributed by atoms with E-state index in [-0.39, 0.29) is 6.03 Å². The molecule has 0 N–H and O–H groups in total. The van der Waals surface area contributed by atoms with Gasteiger partial charge in [-0.3, -0.25) is 4.57 Å². The van der Waals surface area contributed by atoms with Crippen LogP contribution in [0.25, 0.3) is 11.3 Å². The quantitative estimate of drug-likeness (QED) is 0.866. The van der Waals surface area contributed by atoms with Crippen molar-refractivity contribution in [3.05, 3.63) is 36.8 Å². The summed E-state index contributed by atoms with van der Waals surface area (Å²) in [7, 11) is 3.53. The van der Waals surface area contributed by atoms with Gasteiger partial charge in [-0.2, -0.15) is 0 Å². The van der Waals surface area contributed by atoms with Gasteiger partial charge in [0.1, 0.15) is 12.1 Å². The summed E-state index contributed by atoms with van der Waals surface area (Å²) < 4.78 is 6.81. The minimum Gasteiger partial charge on any atom is -0.497 e. The number of imidazole rings is 1. The Bertz CT molecular complexity index is 674. The molecule has 1 amide bonds. The van der Waals surface area contributed by atoms with Gasteiger partial charge in [0.15, 0.2) is 0 Å². The number of methoxy groups -OCH3 is 1. The Morgan fingerprint density at radius 3 is 2.83 bits per heavy atom. The lowest BCUT2D eigenvalue weighted by atomic mass is 9.95. The minimum absolute atomic E-state index is 0.0152. The number of nitrogens with zero attached hydrogens (tertiary/aromatic N) is 3. The predicted molar refractivity (Wildman–Crippen MR) is 89.6 cm³/mol. The minimum atomic E-state index is -0.0152. The van der Waals surface area contributed by atoms with Crippen molar-refractivity contribution in [3.63, 3.8) is 0 Å². The van der Waals surface area contributed by atoms with Crippen LogP contribution in [0.5, 0.6) is 5.75 Å². The monoisotopic (exact) mass is 313 g/mol. The largest absolute Gasteiger partial charge is 0.497 e. The maximum Gasteiger partial charge on any atom is 0.329 e. The zero-order chi connectivity index (χ0) is 16.2. The van der Waals surface area contributed by atoms with Crippen LogP contribution in [0.2, 0.25) is 0 Å². The molecule has 2 aromatic rings. The summed E-state index contributed by atoms with van der Waals surface area (Å²) in [5, 5.41) is 0. The molecule has 0 bridgehead atoms. The highest BCUT2D eigenvalue weighted by molar-refractivity contribution is 5.78. The fraction of sp³-hybridized carbons (Fsp3) is 0.444. The Labute approximate surface area is 136 Å². The van der Waals surface area contributed by atoms with Crippen molar-refractivity contribution < 1.29 is 9.53 Å². The van der Waals surface area contributed by atoms with Gasteiger partial charge in [-0.25, -0.2) is 9.78 Å². The number of rotatable bonds is 3. The highest BCUT2D eigenvalue weighted by Gasteiger charge is 2.23. The molecule has 1 saturated carbocycles. The molecule has 0 atom stereocenters. The SMILES string of the molecule is COc1cccc(-c2cn(C(=O)N(C)C3CCCCC3)cn2)c1. The average Bonchev–Trinajstić information content (AvgIpc) is 3.11. The van der Waals surface area contributed by atoms with Gasteiger partial charge in [-0.15, -0.1) is 0 Å². The number of ether oxygens (including phenoxy) is 1. The number of amides is 1. The van der Waals surface area contributed by atoms with Gasteiger partial charge in [-0.1, -0.05) is 31.4 Å². The van der Waals surface area contributed by atoms with Crippen molar-refractivity contribution in [1.29, 1.82) is 0 Å². The van der Waals surface area contributed by atoms with Crippen molar-refractivity contribution >= 4 is 6.03 Å². The summed E-state index contributed by atoms with van der Waals surface area (Å²) in [4.78, 5) is 18.9. The molecule has 23 heavy (non-hydrogen) atoms. The van der Waals surface area contributed by atoms with Gasteiger partial charge in [0, 0.05) is 24.8 Å². The Morgan fingerprint density at radius 1 is 1.30 bits per heavy atom. The van der Waals surface area contributed by atoms with E-state index in [2.05, 4.69) is 4.98 Å². The van der Waals surface area contributed by atoms with E-state index in [1.165, 1.54) is 19.3 Å². The van der Waals surface area contributed by atoms with Crippen LogP contribution in [0.4, 0.5) is 4.79 Å². The smallest absolute Gasteiger partial charge is 0.329 e. The lowest BCUT2D eigenvalue weighted by molar-refractivity contribution is 0.175. The van der Waals surface area contributed by atoms with Gasteiger partial charge in [0.2, 0.25) is 0 Å². The van der Waals surface area contributed by atoms with E-state index >= 15 is 0 Å². The fourth-order valence-corrected chi connectivity index (χ4v) is 3.17. The van der Waals surface area contributed by atoms with Crippen molar-refractivity contribution in [3.8, 4) is 17.0 Å². The highest BCUT2D eigenvalue weighted by atomic mass is 16.5. The summed E-state index contributed by atoms with van der Waals surface area (Å²) in [6.45, 7) is 0. The third-order valence-electron chi connectivity index (χ3n) is 4.59. The summed E-state index contributed by atoms with van der Waals surface area (Å²) >= 11 is 0. The van der Waals surface area contributed by atoms with Crippen molar-refractivity contribution in [2.24, 2.45) is 0 Å². The first-order valence-corrected chi connectivity index (χ1v) is 8.14. The van der Waals surface area contributed by atoms with Gasteiger partial charge < -0.3 is 9.64 Å². The van der Waals surface area contributed by atoms with Crippen LogP contribution in [0, 0.1) is 0 Å². The molecular weight excluding hydrogens is 290 g/mol. The summed E-state index contributed by atoms with van der Waals surface area (Å²) in [6, 6.07) is 8.02. The Balaban J connectivity index is 1.76. The first kappa shape index (κ1) is 15.6. The number of hydrogen-bond acceptors (Lipinski definition) is 3. The molecule has 0 radical (unpaired) electrons. The van der Waals surface area contributed by atoms with E-state index in [4.69, 9.17) is 4.74 Å². The third-order valence-corrected chi connectivity index (χ3v) is 4.59. The molecule has 1 aromatic carbocycles. The van der Waals surface area contributed by atoms with E-state index in [0.29, 0.717) is 6.04 Å². The summed E-state index contributed by atoms with van der Waals surface area (Å²) in [5.41, 5.74) is 1.71. The maximum atomic E-state index is 12.6. The number of carbonyl (C=O) groups is 1. The predicted octanol–water partition coefficient (Wildman–Crippen LogP) is 3.79. The zero-order valence-corrected chi connectivity index (χ0v) is 13.7. The number of benzene rings is 1. The summed E-state index contributed by atoms with van der Waals surface area (Å²) in [5.74, 6) is 0.780. The number of carbonyl (C=O) groups excluding carboxylic acids is 1. The molecule has 1 aliphatic rings. The first-order chi connectivity index (χ1) is 11.2. The van der Waals surface area contributed by atoms with E-state index in [9.17, 15) is 4.79 Å². The lowest BCUT2D eigenvalue weighted by Crippen LogP contribution is -2.40. The molecule has 1 aromatic heterocycles. The highest BCUT2D eigenvalue weighted by Crippen LogP contribution is 2.24. The van der Waals surface area contributed by atoms with Gasteiger partial charge in [-0.05, 0) is 25.0 Å². The van der Waals surface area contributed by atoms with Gasteiger partial charge in [0.25, 0.3) is 0 Å². The molecule has 0 aliphatic heterocycles. The molecule has 1 heterocycles. The molecule has 1 aliphatic carbocycles.